The van der Waals surface area contributed by atoms with Crippen LogP contribution in [0.2, 0.25) is 5.04 Å². The molecule has 3 fully saturated rings. The van der Waals surface area contributed by atoms with Crippen molar-refractivity contribution >= 4 is 18.7 Å². The molecule has 3 aliphatic rings. The van der Waals surface area contributed by atoms with Crippen LogP contribution in [-0.2, 0) is 18.6 Å². The molecule has 6 heteroatoms. The van der Waals surface area contributed by atoms with Gasteiger partial charge in [-0.15, -0.1) is 0 Å². The Balaban J connectivity index is 1.49. The smallest absolute Gasteiger partial charge is 0.261 e. The molecule has 2 unspecified atom stereocenters. The van der Waals surface area contributed by atoms with Crippen molar-refractivity contribution in [3.8, 4) is 0 Å². The first-order valence-electron chi connectivity index (χ1n) is 14.0. The molecule has 202 valence electrons. The molecule has 5 rings (SSSR count). The SMILES string of the molecule is CC(C)(C)[Si](OC[C@@H]1[C@H]2COC(O)C[C@@]2(C)C[C@H]1OC1CCCCO1)(c1ccccc1)c1ccccc1. The zero-order chi connectivity index (χ0) is 26.1. The Morgan fingerprint density at radius 1 is 0.946 bits per heavy atom. The molecule has 0 spiro atoms. The number of aliphatic hydroxyl groups excluding tert-OH is 1. The zero-order valence-corrected chi connectivity index (χ0v) is 23.9. The highest BCUT2D eigenvalue weighted by Crippen LogP contribution is 2.54. The molecule has 2 saturated heterocycles. The molecule has 0 amide bonds. The third-order valence-electron chi connectivity index (χ3n) is 9.04. The lowest BCUT2D eigenvalue weighted by Gasteiger charge is -2.45. The quantitative estimate of drug-likeness (QED) is 0.525. The van der Waals surface area contributed by atoms with E-state index in [4.69, 9.17) is 18.6 Å². The van der Waals surface area contributed by atoms with Crippen LogP contribution in [0.15, 0.2) is 60.7 Å². The molecule has 2 aromatic rings. The van der Waals surface area contributed by atoms with Crippen LogP contribution in [0, 0.1) is 17.3 Å². The average Bonchev–Trinajstić information content (AvgIpc) is 3.15. The summed E-state index contributed by atoms with van der Waals surface area (Å²) in [4.78, 5) is 0. The van der Waals surface area contributed by atoms with Crippen LogP contribution in [-0.4, -0.2) is 51.9 Å². The van der Waals surface area contributed by atoms with E-state index in [-0.39, 0.29) is 34.7 Å². The van der Waals surface area contributed by atoms with Gasteiger partial charge in [0.25, 0.3) is 8.32 Å². The zero-order valence-electron chi connectivity index (χ0n) is 22.9. The van der Waals surface area contributed by atoms with Crippen molar-refractivity contribution in [2.24, 2.45) is 17.3 Å². The first-order valence-corrected chi connectivity index (χ1v) is 16.0. The van der Waals surface area contributed by atoms with Crippen LogP contribution in [0.3, 0.4) is 0 Å². The molecule has 2 aromatic carbocycles. The molecule has 2 aliphatic heterocycles. The normalized spacial score (nSPS) is 32.7. The van der Waals surface area contributed by atoms with E-state index in [9.17, 15) is 5.11 Å². The predicted octanol–water partition coefficient (Wildman–Crippen LogP) is 4.86. The summed E-state index contributed by atoms with van der Waals surface area (Å²) in [5.41, 5.74) is -0.0452. The summed E-state index contributed by atoms with van der Waals surface area (Å²) in [6, 6.07) is 21.7. The van der Waals surface area contributed by atoms with Crippen molar-refractivity contribution in [2.45, 2.75) is 83.5 Å². The minimum atomic E-state index is -2.67. The molecule has 0 bridgehead atoms. The fourth-order valence-corrected chi connectivity index (χ4v) is 11.7. The summed E-state index contributed by atoms with van der Waals surface area (Å²) in [5, 5.41) is 12.9. The van der Waals surface area contributed by atoms with E-state index in [1.165, 1.54) is 10.4 Å². The van der Waals surface area contributed by atoms with Crippen molar-refractivity contribution in [1.29, 1.82) is 0 Å². The molecule has 6 atom stereocenters. The highest BCUT2D eigenvalue weighted by Gasteiger charge is 2.57. The van der Waals surface area contributed by atoms with E-state index in [2.05, 4.69) is 88.4 Å². The Morgan fingerprint density at radius 3 is 2.16 bits per heavy atom. The highest BCUT2D eigenvalue weighted by atomic mass is 28.4. The highest BCUT2D eigenvalue weighted by molar-refractivity contribution is 6.99. The van der Waals surface area contributed by atoms with Gasteiger partial charge in [0.15, 0.2) is 12.6 Å². The van der Waals surface area contributed by atoms with Gasteiger partial charge in [0.2, 0.25) is 0 Å². The second-order valence-electron chi connectivity index (χ2n) is 12.6. The summed E-state index contributed by atoms with van der Waals surface area (Å²) in [5.74, 6) is 0.437. The first-order chi connectivity index (χ1) is 17.7. The van der Waals surface area contributed by atoms with Crippen molar-refractivity contribution in [2.75, 3.05) is 19.8 Å². The van der Waals surface area contributed by atoms with Crippen molar-refractivity contribution in [1.82, 2.24) is 0 Å². The predicted molar refractivity (Wildman–Crippen MR) is 148 cm³/mol. The van der Waals surface area contributed by atoms with Gasteiger partial charge in [-0.05, 0) is 52.4 Å². The van der Waals surface area contributed by atoms with Crippen molar-refractivity contribution in [3.63, 3.8) is 0 Å². The average molecular weight is 525 g/mol. The lowest BCUT2D eigenvalue weighted by molar-refractivity contribution is -0.199. The van der Waals surface area contributed by atoms with Gasteiger partial charge in [0.05, 0.1) is 12.7 Å². The second-order valence-corrected chi connectivity index (χ2v) is 16.9. The van der Waals surface area contributed by atoms with Crippen LogP contribution < -0.4 is 10.4 Å². The molecule has 37 heavy (non-hydrogen) atoms. The molecule has 1 saturated carbocycles. The summed E-state index contributed by atoms with van der Waals surface area (Å²) < 4.78 is 25.9. The third kappa shape index (κ3) is 5.34. The van der Waals surface area contributed by atoms with Gasteiger partial charge >= 0.3 is 0 Å². The Morgan fingerprint density at radius 2 is 1.59 bits per heavy atom. The molecule has 1 aliphatic carbocycles. The van der Waals surface area contributed by atoms with Gasteiger partial charge in [0, 0.05) is 25.6 Å². The summed E-state index contributed by atoms with van der Waals surface area (Å²) in [6.07, 6.45) is 3.89. The second kappa shape index (κ2) is 10.9. The summed E-state index contributed by atoms with van der Waals surface area (Å²) in [7, 11) is -2.67. The fourth-order valence-electron chi connectivity index (χ4n) is 7.14. The topological polar surface area (TPSA) is 57.2 Å². The minimum Gasteiger partial charge on any atom is -0.407 e. The van der Waals surface area contributed by atoms with Gasteiger partial charge < -0.3 is 23.7 Å². The number of ether oxygens (including phenoxy) is 3. The van der Waals surface area contributed by atoms with Crippen LogP contribution >= 0.6 is 0 Å². The van der Waals surface area contributed by atoms with Gasteiger partial charge in [-0.2, -0.15) is 0 Å². The maximum Gasteiger partial charge on any atom is 0.261 e. The maximum absolute atomic E-state index is 10.4. The molecule has 5 nitrogen and oxygen atoms in total. The Labute approximate surface area is 223 Å². The minimum absolute atomic E-state index is 0.0187. The van der Waals surface area contributed by atoms with Gasteiger partial charge in [-0.25, -0.2) is 0 Å². The molecule has 0 aromatic heterocycles. The summed E-state index contributed by atoms with van der Waals surface area (Å²) in [6.45, 7) is 11.2. The molecular formula is C31H44O5Si. The Bertz CT molecular complexity index is 964. The van der Waals surface area contributed by atoms with Gasteiger partial charge in [0.1, 0.15) is 0 Å². The third-order valence-corrected chi connectivity index (χ3v) is 14.0. The number of benzene rings is 2. The van der Waals surface area contributed by atoms with E-state index < -0.39 is 14.6 Å². The summed E-state index contributed by atoms with van der Waals surface area (Å²) >= 11 is 0. The largest absolute Gasteiger partial charge is 0.407 e. The lowest BCUT2D eigenvalue weighted by atomic mass is 9.73. The van der Waals surface area contributed by atoms with Crippen molar-refractivity contribution < 1.29 is 23.7 Å². The van der Waals surface area contributed by atoms with Crippen LogP contribution in [0.5, 0.6) is 0 Å². The van der Waals surface area contributed by atoms with E-state index in [1.54, 1.807) is 0 Å². The lowest BCUT2D eigenvalue weighted by Crippen LogP contribution is -2.67. The number of hydrogen-bond donors (Lipinski definition) is 1. The van der Waals surface area contributed by atoms with Crippen LogP contribution in [0.25, 0.3) is 0 Å². The molecule has 0 radical (unpaired) electrons. The maximum atomic E-state index is 10.4. The monoisotopic (exact) mass is 524 g/mol. The van der Waals surface area contributed by atoms with E-state index in [0.29, 0.717) is 19.6 Å². The molecule has 2 heterocycles. The Kier molecular flexibility index (Phi) is 7.97. The fraction of sp³-hybridized carbons (Fsp3) is 0.613. The molecular weight excluding hydrogens is 480 g/mol. The van der Waals surface area contributed by atoms with Crippen LogP contribution in [0.4, 0.5) is 0 Å². The van der Waals surface area contributed by atoms with Gasteiger partial charge in [-0.3, -0.25) is 0 Å². The number of fused-ring (bicyclic) bond motifs is 1. The van der Waals surface area contributed by atoms with Crippen molar-refractivity contribution in [3.05, 3.63) is 60.7 Å². The number of hydrogen-bond acceptors (Lipinski definition) is 5. The van der Waals surface area contributed by atoms with Gasteiger partial charge in [-0.1, -0.05) is 88.4 Å². The molecule has 1 N–H and O–H groups in total. The van der Waals surface area contributed by atoms with E-state index in [0.717, 1.165) is 32.3 Å². The number of rotatable bonds is 7. The Hall–Kier alpha value is -1.54. The number of aliphatic hydroxyl groups is 1. The van der Waals surface area contributed by atoms with E-state index >= 15 is 0 Å². The standard InChI is InChI=1S/C31H44O5Si/c1-30(2,3)37(23-13-7-5-8-14-23,24-15-9-6-10-16-24)35-21-25-26-22-34-28(32)20-31(26,4)19-27(25)36-29-17-11-12-18-33-29/h5-10,13-16,25-29,32H,11-12,17-22H2,1-4H3/t25-,26-,27-,28?,29?,31-/m1/s1. The van der Waals surface area contributed by atoms with E-state index in [1.807, 2.05) is 0 Å². The first kappa shape index (κ1) is 27.0. The van der Waals surface area contributed by atoms with Crippen LogP contribution in [0.1, 0.15) is 59.8 Å².